The van der Waals surface area contributed by atoms with Crippen LogP contribution in [0, 0.1) is 0 Å². The van der Waals surface area contributed by atoms with Crippen LogP contribution in [0.25, 0.3) is 0 Å². The van der Waals surface area contributed by atoms with E-state index in [1.54, 1.807) is 0 Å². The summed E-state index contributed by atoms with van der Waals surface area (Å²) in [6.07, 6.45) is 1.01. The molecule has 0 spiro atoms. The van der Waals surface area contributed by atoms with E-state index in [2.05, 4.69) is 19.2 Å². The van der Waals surface area contributed by atoms with Crippen molar-refractivity contribution in [3.05, 3.63) is 33.8 Å². The Morgan fingerprint density at radius 3 is 2.57 bits per heavy atom. The van der Waals surface area contributed by atoms with Gasteiger partial charge in [-0.15, -0.1) is 0 Å². The predicted octanol–water partition coefficient (Wildman–Crippen LogP) is 4.05. The number of rotatable bonds is 4. The van der Waals surface area contributed by atoms with E-state index in [9.17, 15) is 0 Å². The van der Waals surface area contributed by atoms with Gasteiger partial charge in [0.2, 0.25) is 0 Å². The maximum atomic E-state index is 6.11. The molecule has 78 valence electrons. The monoisotopic (exact) mass is 231 g/mol. The van der Waals surface area contributed by atoms with Crippen LogP contribution < -0.4 is 5.32 Å². The second kappa shape index (κ2) is 5.59. The quantitative estimate of drug-likeness (QED) is 0.825. The first-order valence-corrected chi connectivity index (χ1v) is 5.63. The zero-order valence-electron chi connectivity index (χ0n) is 8.48. The molecular weight excluding hydrogens is 217 g/mol. The predicted molar refractivity (Wildman–Crippen MR) is 63.2 cm³/mol. The molecule has 0 aromatic heterocycles. The van der Waals surface area contributed by atoms with E-state index < -0.39 is 0 Å². The summed E-state index contributed by atoms with van der Waals surface area (Å²) in [5.41, 5.74) is 1.09. The molecule has 1 atom stereocenters. The lowest BCUT2D eigenvalue weighted by Crippen LogP contribution is -2.20. The number of hydrogen-bond donors (Lipinski definition) is 1. The molecule has 1 aromatic carbocycles. The van der Waals surface area contributed by atoms with Gasteiger partial charge in [0.15, 0.2) is 0 Å². The fourth-order valence-corrected chi connectivity index (χ4v) is 1.93. The Bertz CT molecular complexity index is 299. The summed E-state index contributed by atoms with van der Waals surface area (Å²) in [4.78, 5) is 0. The van der Waals surface area contributed by atoms with Crippen molar-refractivity contribution >= 4 is 23.2 Å². The summed E-state index contributed by atoms with van der Waals surface area (Å²) in [6, 6.07) is 5.89. The molecule has 1 N–H and O–H groups in total. The average molecular weight is 232 g/mol. The molecular formula is C11H15Cl2N. The van der Waals surface area contributed by atoms with Gasteiger partial charge in [-0.05, 0) is 36.7 Å². The lowest BCUT2D eigenvalue weighted by Gasteiger charge is -2.17. The van der Waals surface area contributed by atoms with Gasteiger partial charge in [-0.25, -0.2) is 0 Å². The molecule has 0 saturated heterocycles. The fraction of sp³-hybridized carbons (Fsp3) is 0.455. The molecule has 0 amide bonds. The summed E-state index contributed by atoms with van der Waals surface area (Å²) in [5, 5.41) is 4.89. The number of halogens is 2. The first-order chi connectivity index (χ1) is 6.69. The summed E-state index contributed by atoms with van der Waals surface area (Å²) < 4.78 is 0. The summed E-state index contributed by atoms with van der Waals surface area (Å²) >= 11 is 12.0. The lowest BCUT2D eigenvalue weighted by atomic mass is 10.0. The van der Waals surface area contributed by atoms with Gasteiger partial charge in [-0.1, -0.05) is 37.0 Å². The van der Waals surface area contributed by atoms with Crippen molar-refractivity contribution in [3.63, 3.8) is 0 Å². The van der Waals surface area contributed by atoms with Gasteiger partial charge in [0.05, 0.1) is 0 Å². The highest BCUT2D eigenvalue weighted by Gasteiger charge is 2.11. The largest absolute Gasteiger partial charge is 0.310 e. The second-order valence-corrected chi connectivity index (χ2v) is 4.03. The molecule has 0 aliphatic heterocycles. The first kappa shape index (κ1) is 11.8. The molecule has 1 unspecified atom stereocenters. The number of benzene rings is 1. The third-order valence-electron chi connectivity index (χ3n) is 2.19. The Balaban J connectivity index is 2.96. The van der Waals surface area contributed by atoms with E-state index in [1.165, 1.54) is 0 Å². The highest BCUT2D eigenvalue weighted by Crippen LogP contribution is 2.27. The molecule has 0 aliphatic rings. The molecule has 0 radical (unpaired) electrons. The zero-order chi connectivity index (χ0) is 10.6. The van der Waals surface area contributed by atoms with Crippen molar-refractivity contribution < 1.29 is 0 Å². The maximum absolute atomic E-state index is 6.11. The van der Waals surface area contributed by atoms with Crippen LogP contribution in [-0.2, 0) is 0 Å². The van der Waals surface area contributed by atoms with Gasteiger partial charge in [-0.2, -0.15) is 0 Å². The molecule has 0 fully saturated rings. The standard InChI is InChI=1S/C11H15Cl2N/c1-3-11(14-4-2)9-7-8(12)5-6-10(9)13/h5-7,11,14H,3-4H2,1-2H3. The molecule has 14 heavy (non-hydrogen) atoms. The van der Waals surface area contributed by atoms with E-state index >= 15 is 0 Å². The van der Waals surface area contributed by atoms with Crippen molar-refractivity contribution in [2.24, 2.45) is 0 Å². The number of hydrogen-bond acceptors (Lipinski definition) is 1. The van der Waals surface area contributed by atoms with Crippen LogP contribution >= 0.6 is 23.2 Å². The molecule has 1 nitrogen and oxygen atoms in total. The summed E-state index contributed by atoms with van der Waals surface area (Å²) in [5.74, 6) is 0. The molecule has 0 aliphatic carbocycles. The highest BCUT2D eigenvalue weighted by molar-refractivity contribution is 6.33. The normalized spacial score (nSPS) is 12.9. The van der Waals surface area contributed by atoms with Gasteiger partial charge >= 0.3 is 0 Å². The topological polar surface area (TPSA) is 12.0 Å². The van der Waals surface area contributed by atoms with Crippen LogP contribution in [0.4, 0.5) is 0 Å². The van der Waals surface area contributed by atoms with Gasteiger partial charge in [0.25, 0.3) is 0 Å². The van der Waals surface area contributed by atoms with Gasteiger partial charge in [0.1, 0.15) is 0 Å². The third kappa shape index (κ3) is 2.88. The fourth-order valence-electron chi connectivity index (χ4n) is 1.50. The minimum atomic E-state index is 0.297. The van der Waals surface area contributed by atoms with E-state index in [1.807, 2.05) is 18.2 Å². The van der Waals surface area contributed by atoms with Gasteiger partial charge < -0.3 is 5.32 Å². The van der Waals surface area contributed by atoms with E-state index in [0.29, 0.717) is 6.04 Å². The third-order valence-corrected chi connectivity index (χ3v) is 2.77. The van der Waals surface area contributed by atoms with Crippen LogP contribution in [0.5, 0.6) is 0 Å². The zero-order valence-corrected chi connectivity index (χ0v) is 9.99. The molecule has 0 bridgehead atoms. The molecule has 3 heteroatoms. The highest BCUT2D eigenvalue weighted by atomic mass is 35.5. The SMILES string of the molecule is CCNC(CC)c1cc(Cl)ccc1Cl. The maximum Gasteiger partial charge on any atom is 0.0454 e. The molecule has 1 rings (SSSR count). The first-order valence-electron chi connectivity index (χ1n) is 4.87. The van der Waals surface area contributed by atoms with Gasteiger partial charge in [0, 0.05) is 16.1 Å². The van der Waals surface area contributed by atoms with Crippen molar-refractivity contribution in [2.45, 2.75) is 26.3 Å². The molecule has 0 saturated carbocycles. The van der Waals surface area contributed by atoms with Crippen LogP contribution in [0.15, 0.2) is 18.2 Å². The molecule has 1 aromatic rings. The Labute approximate surface area is 95.4 Å². The lowest BCUT2D eigenvalue weighted by molar-refractivity contribution is 0.537. The molecule has 0 heterocycles. The van der Waals surface area contributed by atoms with E-state index in [0.717, 1.165) is 28.6 Å². The minimum absolute atomic E-state index is 0.297. The van der Waals surface area contributed by atoms with Crippen molar-refractivity contribution in [1.29, 1.82) is 0 Å². The van der Waals surface area contributed by atoms with Gasteiger partial charge in [-0.3, -0.25) is 0 Å². The Morgan fingerprint density at radius 2 is 2.00 bits per heavy atom. The van der Waals surface area contributed by atoms with E-state index in [4.69, 9.17) is 23.2 Å². The van der Waals surface area contributed by atoms with Crippen LogP contribution in [0.3, 0.4) is 0 Å². The number of nitrogens with one attached hydrogen (secondary N) is 1. The average Bonchev–Trinajstić information content (AvgIpc) is 2.18. The minimum Gasteiger partial charge on any atom is -0.310 e. The summed E-state index contributed by atoms with van der Waals surface area (Å²) in [6.45, 7) is 5.15. The second-order valence-electron chi connectivity index (χ2n) is 3.18. The van der Waals surface area contributed by atoms with Crippen LogP contribution in [-0.4, -0.2) is 6.54 Å². The van der Waals surface area contributed by atoms with Crippen molar-refractivity contribution in [3.8, 4) is 0 Å². The Morgan fingerprint density at radius 1 is 1.29 bits per heavy atom. The Kier molecular flexibility index (Phi) is 4.73. The summed E-state index contributed by atoms with van der Waals surface area (Å²) in [7, 11) is 0. The van der Waals surface area contributed by atoms with Crippen molar-refractivity contribution in [1.82, 2.24) is 5.32 Å². The van der Waals surface area contributed by atoms with Crippen LogP contribution in [0.2, 0.25) is 10.0 Å². The Hall–Kier alpha value is -0.240. The van der Waals surface area contributed by atoms with E-state index in [-0.39, 0.29) is 0 Å². The smallest absolute Gasteiger partial charge is 0.0454 e. The van der Waals surface area contributed by atoms with Crippen LogP contribution in [0.1, 0.15) is 31.9 Å². The van der Waals surface area contributed by atoms with Crippen molar-refractivity contribution in [2.75, 3.05) is 6.54 Å².